The van der Waals surface area contributed by atoms with Crippen molar-refractivity contribution in [3.63, 3.8) is 0 Å². The van der Waals surface area contributed by atoms with Crippen LogP contribution in [0.25, 0.3) is 0 Å². The van der Waals surface area contributed by atoms with Crippen LogP contribution in [-0.2, 0) is 17.8 Å². The van der Waals surface area contributed by atoms with E-state index in [1.54, 1.807) is 0 Å². The Bertz CT molecular complexity index is 666. The van der Waals surface area contributed by atoms with Crippen LogP contribution < -0.4 is 10.1 Å². The molecule has 0 spiro atoms. The lowest BCUT2D eigenvalue weighted by Crippen LogP contribution is -2.40. The molecule has 0 bridgehead atoms. The van der Waals surface area contributed by atoms with E-state index < -0.39 is 0 Å². The third-order valence-corrected chi connectivity index (χ3v) is 4.20. The number of hydrogen-bond donors (Lipinski definition) is 1. The molecule has 0 saturated heterocycles. The normalized spacial score (nSPS) is 16.7. The van der Waals surface area contributed by atoms with Gasteiger partial charge in [0.2, 0.25) is 5.91 Å². The Hall–Kier alpha value is -2.30. The first-order valence-corrected chi connectivity index (χ1v) is 8.20. The molecule has 2 heterocycles. The first-order valence-electron chi connectivity index (χ1n) is 8.20. The number of amides is 1. The topological polar surface area (TPSA) is 56.1 Å². The number of carbonyl (C=O) groups is 1. The summed E-state index contributed by atoms with van der Waals surface area (Å²) in [7, 11) is 0. The van der Waals surface area contributed by atoms with E-state index in [9.17, 15) is 4.79 Å². The van der Waals surface area contributed by atoms with Gasteiger partial charge in [0.1, 0.15) is 11.6 Å². The molecule has 0 fully saturated rings. The number of aryl methyl sites for hydroxylation is 2. The van der Waals surface area contributed by atoms with Crippen LogP contribution in [0.4, 0.5) is 0 Å². The second kappa shape index (κ2) is 7.31. The maximum absolute atomic E-state index is 12.0. The molecule has 1 atom stereocenters. The fourth-order valence-corrected chi connectivity index (χ4v) is 2.92. The Balaban J connectivity index is 1.36. The largest absolute Gasteiger partial charge is 0.493 e. The van der Waals surface area contributed by atoms with E-state index in [1.165, 1.54) is 0 Å². The Morgan fingerprint density at radius 2 is 2.30 bits per heavy atom. The van der Waals surface area contributed by atoms with Gasteiger partial charge in [0, 0.05) is 37.8 Å². The molecule has 5 heteroatoms. The maximum Gasteiger partial charge on any atom is 0.220 e. The molecule has 5 nitrogen and oxygen atoms in total. The van der Waals surface area contributed by atoms with Gasteiger partial charge in [-0.3, -0.25) is 4.79 Å². The standard InChI is InChI=1S/C18H23N3O2/c1-14-5-2-3-6-16(14)23-12-4-7-18(22)20-15-8-9-17-19-10-11-21(17)13-15/h2-3,5-6,10-11,15H,4,7-9,12-13H2,1H3,(H,20,22)/t15-/m0/s1. The molecular weight excluding hydrogens is 290 g/mol. The van der Waals surface area contributed by atoms with Crippen LogP contribution in [0.1, 0.15) is 30.7 Å². The summed E-state index contributed by atoms with van der Waals surface area (Å²) < 4.78 is 7.84. The van der Waals surface area contributed by atoms with Gasteiger partial charge in [-0.25, -0.2) is 4.98 Å². The predicted molar refractivity (Wildman–Crippen MR) is 88.4 cm³/mol. The van der Waals surface area contributed by atoms with Crippen LogP contribution in [0.15, 0.2) is 36.7 Å². The first-order chi connectivity index (χ1) is 11.2. The van der Waals surface area contributed by atoms with E-state index in [2.05, 4.69) is 14.9 Å². The zero-order chi connectivity index (χ0) is 16.1. The van der Waals surface area contributed by atoms with Crippen LogP contribution in [0.5, 0.6) is 5.75 Å². The highest BCUT2D eigenvalue weighted by atomic mass is 16.5. The lowest BCUT2D eigenvalue weighted by molar-refractivity contribution is -0.122. The number of aromatic nitrogens is 2. The van der Waals surface area contributed by atoms with Crippen molar-refractivity contribution in [2.75, 3.05) is 6.61 Å². The molecule has 0 radical (unpaired) electrons. The minimum Gasteiger partial charge on any atom is -0.493 e. The number of hydrogen-bond acceptors (Lipinski definition) is 3. The van der Waals surface area contributed by atoms with Gasteiger partial charge in [-0.15, -0.1) is 0 Å². The van der Waals surface area contributed by atoms with E-state index in [0.29, 0.717) is 13.0 Å². The summed E-state index contributed by atoms with van der Waals surface area (Å²) in [6.45, 7) is 3.41. The van der Waals surface area contributed by atoms with Crippen molar-refractivity contribution in [3.8, 4) is 5.75 Å². The minimum atomic E-state index is 0.104. The van der Waals surface area contributed by atoms with Crippen LogP contribution in [0, 0.1) is 6.92 Å². The highest BCUT2D eigenvalue weighted by Crippen LogP contribution is 2.16. The Labute approximate surface area is 136 Å². The molecule has 1 N–H and O–H groups in total. The smallest absolute Gasteiger partial charge is 0.220 e. The number of ether oxygens (including phenoxy) is 1. The molecule has 122 valence electrons. The van der Waals surface area contributed by atoms with Gasteiger partial charge < -0.3 is 14.6 Å². The summed E-state index contributed by atoms with van der Waals surface area (Å²) in [6.07, 6.45) is 6.91. The summed E-state index contributed by atoms with van der Waals surface area (Å²) in [5.41, 5.74) is 1.12. The molecule has 0 unspecified atom stereocenters. The van der Waals surface area contributed by atoms with E-state index >= 15 is 0 Å². The van der Waals surface area contributed by atoms with Gasteiger partial charge >= 0.3 is 0 Å². The number of imidazole rings is 1. The molecule has 2 aromatic rings. The minimum absolute atomic E-state index is 0.104. The number of rotatable bonds is 6. The second-order valence-corrected chi connectivity index (χ2v) is 6.02. The predicted octanol–water partition coefficient (Wildman–Crippen LogP) is 2.48. The SMILES string of the molecule is Cc1ccccc1OCCCC(=O)N[C@H]1CCc2nccn2C1. The zero-order valence-electron chi connectivity index (χ0n) is 13.5. The highest BCUT2D eigenvalue weighted by molar-refractivity contribution is 5.76. The van der Waals surface area contributed by atoms with E-state index in [4.69, 9.17) is 4.74 Å². The maximum atomic E-state index is 12.0. The molecule has 1 aromatic carbocycles. The molecule has 0 saturated carbocycles. The molecule has 3 rings (SSSR count). The fraction of sp³-hybridized carbons (Fsp3) is 0.444. The van der Waals surface area contributed by atoms with Crippen molar-refractivity contribution in [2.24, 2.45) is 0 Å². The van der Waals surface area contributed by atoms with E-state index in [1.807, 2.05) is 43.6 Å². The van der Waals surface area contributed by atoms with Gasteiger partial charge in [-0.05, 0) is 31.4 Å². The van der Waals surface area contributed by atoms with Gasteiger partial charge in [0.25, 0.3) is 0 Å². The highest BCUT2D eigenvalue weighted by Gasteiger charge is 2.19. The number of para-hydroxylation sites is 1. The number of benzene rings is 1. The first kappa shape index (κ1) is 15.6. The van der Waals surface area contributed by atoms with Crippen LogP contribution in [0.3, 0.4) is 0 Å². The number of nitrogens with one attached hydrogen (secondary N) is 1. The molecule has 1 aliphatic rings. The summed E-state index contributed by atoms with van der Waals surface area (Å²) >= 11 is 0. The number of fused-ring (bicyclic) bond motifs is 1. The van der Waals surface area contributed by atoms with Crippen molar-refractivity contribution in [2.45, 2.75) is 45.2 Å². The van der Waals surface area contributed by atoms with E-state index in [0.717, 1.165) is 42.9 Å². The van der Waals surface area contributed by atoms with Crippen molar-refractivity contribution in [1.29, 1.82) is 0 Å². The Morgan fingerprint density at radius 1 is 1.43 bits per heavy atom. The van der Waals surface area contributed by atoms with Gasteiger partial charge in [-0.2, -0.15) is 0 Å². The fourth-order valence-electron chi connectivity index (χ4n) is 2.92. The summed E-state index contributed by atoms with van der Waals surface area (Å²) in [4.78, 5) is 16.3. The molecule has 23 heavy (non-hydrogen) atoms. The quantitative estimate of drug-likeness (QED) is 0.834. The van der Waals surface area contributed by atoms with Crippen molar-refractivity contribution >= 4 is 5.91 Å². The van der Waals surface area contributed by atoms with Crippen LogP contribution in [0.2, 0.25) is 0 Å². The average molecular weight is 313 g/mol. The summed E-state index contributed by atoms with van der Waals surface area (Å²) in [5.74, 6) is 2.11. The zero-order valence-corrected chi connectivity index (χ0v) is 13.5. The number of nitrogens with zero attached hydrogens (tertiary/aromatic N) is 2. The Kier molecular flexibility index (Phi) is 4.95. The third kappa shape index (κ3) is 4.12. The van der Waals surface area contributed by atoms with Gasteiger partial charge in [-0.1, -0.05) is 18.2 Å². The van der Waals surface area contributed by atoms with Gasteiger partial charge in [0.15, 0.2) is 0 Å². The molecule has 1 aliphatic heterocycles. The third-order valence-electron chi connectivity index (χ3n) is 4.20. The van der Waals surface area contributed by atoms with Crippen LogP contribution >= 0.6 is 0 Å². The summed E-state index contributed by atoms with van der Waals surface area (Å²) in [6, 6.07) is 8.14. The molecule has 1 aromatic heterocycles. The second-order valence-electron chi connectivity index (χ2n) is 6.02. The number of carbonyl (C=O) groups excluding carboxylic acids is 1. The lowest BCUT2D eigenvalue weighted by Gasteiger charge is -2.24. The molecule has 1 amide bonds. The average Bonchev–Trinajstić information content (AvgIpc) is 3.01. The summed E-state index contributed by atoms with van der Waals surface area (Å²) in [5, 5.41) is 3.12. The van der Waals surface area contributed by atoms with E-state index in [-0.39, 0.29) is 11.9 Å². The van der Waals surface area contributed by atoms with Crippen molar-refractivity contribution < 1.29 is 9.53 Å². The Morgan fingerprint density at radius 3 is 3.17 bits per heavy atom. The van der Waals surface area contributed by atoms with Crippen molar-refractivity contribution in [1.82, 2.24) is 14.9 Å². The van der Waals surface area contributed by atoms with Crippen molar-refractivity contribution in [3.05, 3.63) is 48.0 Å². The van der Waals surface area contributed by atoms with Crippen LogP contribution in [-0.4, -0.2) is 28.1 Å². The lowest BCUT2D eigenvalue weighted by atomic mass is 10.1. The molecule has 0 aliphatic carbocycles. The molecular formula is C18H23N3O2. The monoisotopic (exact) mass is 313 g/mol. The van der Waals surface area contributed by atoms with Gasteiger partial charge in [0.05, 0.1) is 6.61 Å².